The van der Waals surface area contributed by atoms with Gasteiger partial charge in [-0.05, 0) is 38.9 Å². The number of ether oxygens (including phenoxy) is 1. The third-order valence-electron chi connectivity index (χ3n) is 3.52. The maximum absolute atomic E-state index is 10.8. The molecule has 0 saturated carbocycles. The number of methoxy groups -OCH3 is 1. The first-order chi connectivity index (χ1) is 9.60. The lowest BCUT2D eigenvalue weighted by atomic mass is 10.2. The van der Waals surface area contributed by atoms with Gasteiger partial charge in [-0.25, -0.2) is 0 Å². The second kappa shape index (κ2) is 6.56. The number of benzene rings is 1. The molecule has 1 N–H and O–H groups in total. The molecule has 0 spiro atoms. The largest absolute Gasteiger partial charge is 0.490 e. The first-order valence-corrected chi connectivity index (χ1v) is 6.91. The molecule has 6 heteroatoms. The second-order valence-corrected chi connectivity index (χ2v) is 5.20. The molecule has 0 amide bonds. The highest BCUT2D eigenvalue weighted by atomic mass is 16.6. The Bertz CT molecular complexity index is 473. The summed E-state index contributed by atoms with van der Waals surface area (Å²) in [6.07, 6.45) is 2.55. The number of nitrogens with one attached hydrogen (secondary N) is 1. The summed E-state index contributed by atoms with van der Waals surface area (Å²) >= 11 is 0. The van der Waals surface area contributed by atoms with E-state index in [0.29, 0.717) is 6.04 Å². The van der Waals surface area contributed by atoms with Crippen molar-refractivity contribution in [1.29, 1.82) is 0 Å². The van der Waals surface area contributed by atoms with Crippen molar-refractivity contribution >= 4 is 11.4 Å². The fraction of sp³-hybridized carbons (Fsp3) is 0.571. The molecule has 20 heavy (non-hydrogen) atoms. The zero-order valence-electron chi connectivity index (χ0n) is 12.0. The van der Waals surface area contributed by atoms with Gasteiger partial charge in [-0.2, -0.15) is 0 Å². The smallest absolute Gasteiger partial charge is 0.311 e. The summed E-state index contributed by atoms with van der Waals surface area (Å²) in [4.78, 5) is 12.8. The molecule has 1 aliphatic rings. The molecular formula is C14H21N3O3. The van der Waals surface area contributed by atoms with Gasteiger partial charge in [-0.3, -0.25) is 10.1 Å². The van der Waals surface area contributed by atoms with Crippen LogP contribution in [0.1, 0.15) is 19.8 Å². The summed E-state index contributed by atoms with van der Waals surface area (Å²) in [6.45, 7) is 5.43. The zero-order valence-corrected chi connectivity index (χ0v) is 12.0. The number of nitrogens with zero attached hydrogens (tertiary/aromatic N) is 2. The summed E-state index contributed by atoms with van der Waals surface area (Å²) < 4.78 is 5.07. The maximum Gasteiger partial charge on any atom is 0.311 e. The van der Waals surface area contributed by atoms with Crippen molar-refractivity contribution in [3.8, 4) is 5.75 Å². The van der Waals surface area contributed by atoms with Crippen molar-refractivity contribution in [1.82, 2.24) is 4.90 Å². The molecule has 1 unspecified atom stereocenters. The van der Waals surface area contributed by atoms with Gasteiger partial charge in [0.25, 0.3) is 0 Å². The third-order valence-corrected chi connectivity index (χ3v) is 3.52. The van der Waals surface area contributed by atoms with Gasteiger partial charge in [-0.15, -0.1) is 0 Å². The van der Waals surface area contributed by atoms with Gasteiger partial charge < -0.3 is 15.0 Å². The van der Waals surface area contributed by atoms with Gasteiger partial charge in [0.05, 0.1) is 12.0 Å². The van der Waals surface area contributed by atoms with Gasteiger partial charge in [-0.1, -0.05) is 0 Å². The van der Waals surface area contributed by atoms with Gasteiger partial charge in [0.1, 0.15) is 0 Å². The predicted octanol–water partition coefficient (Wildman–Crippen LogP) is 2.50. The fourth-order valence-corrected chi connectivity index (χ4v) is 2.60. The van der Waals surface area contributed by atoms with Crippen LogP contribution in [0.2, 0.25) is 0 Å². The summed E-state index contributed by atoms with van der Waals surface area (Å²) in [5.74, 6) is 0.286. The molecule has 0 aromatic heterocycles. The molecular weight excluding hydrogens is 258 g/mol. The quantitative estimate of drug-likeness (QED) is 0.640. The Labute approximate surface area is 118 Å². The minimum atomic E-state index is -0.434. The van der Waals surface area contributed by atoms with Gasteiger partial charge in [0.2, 0.25) is 0 Å². The van der Waals surface area contributed by atoms with Crippen molar-refractivity contribution in [2.75, 3.05) is 32.1 Å². The molecule has 6 nitrogen and oxygen atoms in total. The monoisotopic (exact) mass is 279 g/mol. The number of nitro groups is 1. The van der Waals surface area contributed by atoms with E-state index in [2.05, 4.69) is 17.1 Å². The molecule has 110 valence electrons. The molecule has 0 aliphatic carbocycles. The number of hydrogen-bond donors (Lipinski definition) is 1. The molecule has 1 heterocycles. The summed E-state index contributed by atoms with van der Waals surface area (Å²) in [5, 5.41) is 14.2. The average molecular weight is 279 g/mol. The lowest BCUT2D eigenvalue weighted by Crippen LogP contribution is -2.32. The highest BCUT2D eigenvalue weighted by Gasteiger charge is 2.17. The molecule has 2 rings (SSSR count). The Morgan fingerprint density at radius 2 is 2.15 bits per heavy atom. The number of nitro benzene ring substituents is 1. The van der Waals surface area contributed by atoms with E-state index in [4.69, 9.17) is 4.74 Å². The standard InChI is InChI=1S/C14H21N3O3/c1-11(10-16-7-3-4-8-16)15-12-5-6-13(17(18)19)14(9-12)20-2/h5-6,9,11,15H,3-4,7-8,10H2,1-2H3. The Morgan fingerprint density at radius 1 is 1.45 bits per heavy atom. The van der Waals surface area contributed by atoms with Crippen molar-refractivity contribution in [3.05, 3.63) is 28.3 Å². The van der Waals surface area contributed by atoms with Crippen molar-refractivity contribution < 1.29 is 9.66 Å². The van der Waals surface area contributed by atoms with Crippen LogP contribution < -0.4 is 10.1 Å². The van der Waals surface area contributed by atoms with E-state index >= 15 is 0 Å². The van der Waals surface area contributed by atoms with Crippen LogP contribution in [-0.2, 0) is 0 Å². The van der Waals surface area contributed by atoms with Crippen LogP contribution in [-0.4, -0.2) is 42.6 Å². The van der Waals surface area contributed by atoms with Crippen molar-refractivity contribution in [3.63, 3.8) is 0 Å². The molecule has 1 aliphatic heterocycles. The third kappa shape index (κ3) is 3.60. The van der Waals surface area contributed by atoms with E-state index in [9.17, 15) is 10.1 Å². The first-order valence-electron chi connectivity index (χ1n) is 6.91. The fourth-order valence-electron chi connectivity index (χ4n) is 2.60. The van der Waals surface area contributed by atoms with Crippen LogP contribution in [0.3, 0.4) is 0 Å². The lowest BCUT2D eigenvalue weighted by molar-refractivity contribution is -0.385. The Kier molecular flexibility index (Phi) is 4.79. The van der Waals surface area contributed by atoms with Crippen molar-refractivity contribution in [2.24, 2.45) is 0 Å². The second-order valence-electron chi connectivity index (χ2n) is 5.20. The molecule has 0 radical (unpaired) electrons. The van der Waals surface area contributed by atoms with Crippen molar-refractivity contribution in [2.45, 2.75) is 25.8 Å². The predicted molar refractivity (Wildman–Crippen MR) is 78.4 cm³/mol. The molecule has 0 bridgehead atoms. The van der Waals surface area contributed by atoms with E-state index < -0.39 is 4.92 Å². The van der Waals surface area contributed by atoms with Gasteiger partial charge >= 0.3 is 5.69 Å². The van der Waals surface area contributed by atoms with Crippen LogP contribution in [0.25, 0.3) is 0 Å². The molecule has 1 aromatic rings. The number of hydrogen-bond acceptors (Lipinski definition) is 5. The summed E-state index contributed by atoms with van der Waals surface area (Å²) in [5.41, 5.74) is 0.837. The Hall–Kier alpha value is -1.82. The topological polar surface area (TPSA) is 67.6 Å². The Morgan fingerprint density at radius 3 is 2.75 bits per heavy atom. The minimum absolute atomic E-state index is 0.00903. The zero-order chi connectivity index (χ0) is 14.5. The average Bonchev–Trinajstić information content (AvgIpc) is 2.90. The van der Waals surface area contributed by atoms with E-state index in [-0.39, 0.29) is 11.4 Å². The Balaban J connectivity index is 1.99. The number of anilines is 1. The van der Waals surface area contributed by atoms with E-state index in [1.807, 2.05) is 0 Å². The van der Waals surface area contributed by atoms with Gasteiger partial charge in [0, 0.05) is 30.4 Å². The first kappa shape index (κ1) is 14.6. The summed E-state index contributed by atoms with van der Waals surface area (Å²) in [6, 6.07) is 5.17. The SMILES string of the molecule is COc1cc(NC(C)CN2CCCC2)ccc1[N+](=O)[O-]. The van der Waals surface area contributed by atoms with Crippen LogP contribution in [0.15, 0.2) is 18.2 Å². The number of likely N-dealkylation sites (tertiary alicyclic amines) is 1. The maximum atomic E-state index is 10.8. The lowest BCUT2D eigenvalue weighted by Gasteiger charge is -2.22. The normalized spacial score (nSPS) is 16.9. The van der Waals surface area contributed by atoms with Crippen LogP contribution in [0.5, 0.6) is 5.75 Å². The van der Waals surface area contributed by atoms with Crippen LogP contribution >= 0.6 is 0 Å². The number of rotatable bonds is 6. The molecule has 1 aromatic carbocycles. The molecule has 1 fully saturated rings. The van der Waals surface area contributed by atoms with E-state index in [0.717, 1.165) is 25.3 Å². The summed E-state index contributed by atoms with van der Waals surface area (Å²) in [7, 11) is 1.44. The molecule has 1 saturated heterocycles. The highest BCUT2D eigenvalue weighted by Crippen LogP contribution is 2.29. The van der Waals surface area contributed by atoms with E-state index in [1.165, 1.54) is 26.0 Å². The van der Waals surface area contributed by atoms with Crippen LogP contribution in [0.4, 0.5) is 11.4 Å². The highest BCUT2D eigenvalue weighted by molar-refractivity contribution is 5.58. The molecule has 1 atom stereocenters. The van der Waals surface area contributed by atoms with E-state index in [1.54, 1.807) is 12.1 Å². The van der Waals surface area contributed by atoms with Crippen LogP contribution in [0, 0.1) is 10.1 Å². The van der Waals surface area contributed by atoms with Gasteiger partial charge in [0.15, 0.2) is 5.75 Å². The minimum Gasteiger partial charge on any atom is -0.490 e.